The number of carbonyl (C=O) groups is 1. The summed E-state index contributed by atoms with van der Waals surface area (Å²) in [6.07, 6.45) is 1.64. The van der Waals surface area contributed by atoms with Gasteiger partial charge in [-0.15, -0.1) is 0 Å². The number of aliphatic imine (C=N–C) groups is 1. The lowest BCUT2D eigenvalue weighted by Crippen LogP contribution is -2.05. The van der Waals surface area contributed by atoms with Crippen LogP contribution in [-0.4, -0.2) is 19.0 Å². The maximum Gasteiger partial charge on any atom is 0.363 e. The van der Waals surface area contributed by atoms with Gasteiger partial charge in [-0.25, -0.2) is 9.79 Å². The Morgan fingerprint density at radius 3 is 2.62 bits per heavy atom. The van der Waals surface area contributed by atoms with Crippen molar-refractivity contribution in [3.05, 3.63) is 67.7 Å². The third-order valence-corrected chi connectivity index (χ3v) is 4.63. The molecule has 0 bridgehead atoms. The van der Waals surface area contributed by atoms with Gasteiger partial charge in [-0.1, -0.05) is 29.3 Å². The van der Waals surface area contributed by atoms with Gasteiger partial charge in [0, 0.05) is 5.56 Å². The molecular formula is C17H10BrCl2NO3. The van der Waals surface area contributed by atoms with Crippen molar-refractivity contribution >= 4 is 57.1 Å². The maximum atomic E-state index is 12.0. The molecule has 2 aromatic rings. The fourth-order valence-electron chi connectivity index (χ4n) is 2.09. The highest BCUT2D eigenvalue weighted by atomic mass is 79.9. The summed E-state index contributed by atoms with van der Waals surface area (Å²) in [5.41, 5.74) is 1.57. The van der Waals surface area contributed by atoms with Gasteiger partial charge in [-0.2, -0.15) is 0 Å². The molecule has 0 saturated heterocycles. The zero-order chi connectivity index (χ0) is 17.3. The van der Waals surface area contributed by atoms with E-state index in [0.29, 0.717) is 21.4 Å². The first kappa shape index (κ1) is 17.0. The van der Waals surface area contributed by atoms with Gasteiger partial charge < -0.3 is 9.47 Å². The van der Waals surface area contributed by atoms with Crippen molar-refractivity contribution in [2.45, 2.75) is 0 Å². The summed E-state index contributed by atoms with van der Waals surface area (Å²) in [5.74, 6) is 0.367. The summed E-state index contributed by atoms with van der Waals surface area (Å²) in [7, 11) is 1.58. The van der Waals surface area contributed by atoms with Crippen molar-refractivity contribution in [3.63, 3.8) is 0 Å². The van der Waals surface area contributed by atoms with Gasteiger partial charge in [0.1, 0.15) is 5.75 Å². The molecule has 1 aliphatic rings. The highest BCUT2D eigenvalue weighted by Crippen LogP contribution is 2.28. The van der Waals surface area contributed by atoms with E-state index in [1.54, 1.807) is 37.5 Å². The Hall–Kier alpha value is -1.82. The van der Waals surface area contributed by atoms with Gasteiger partial charge in [0.25, 0.3) is 0 Å². The number of halogens is 3. The van der Waals surface area contributed by atoms with Crippen molar-refractivity contribution in [3.8, 4) is 5.75 Å². The summed E-state index contributed by atoms with van der Waals surface area (Å²) in [6.45, 7) is 0. The molecular weight excluding hydrogens is 417 g/mol. The van der Waals surface area contributed by atoms with E-state index in [1.165, 1.54) is 0 Å². The molecule has 24 heavy (non-hydrogen) atoms. The van der Waals surface area contributed by atoms with Crippen LogP contribution in [0.4, 0.5) is 0 Å². The topological polar surface area (TPSA) is 47.9 Å². The summed E-state index contributed by atoms with van der Waals surface area (Å²) >= 11 is 15.3. The molecule has 2 aromatic carbocycles. The van der Waals surface area contributed by atoms with Crippen LogP contribution in [0.2, 0.25) is 10.0 Å². The second-order valence-electron chi connectivity index (χ2n) is 4.86. The molecule has 3 rings (SSSR count). The number of rotatable bonds is 3. The molecule has 4 nitrogen and oxygen atoms in total. The summed E-state index contributed by atoms with van der Waals surface area (Å²) < 4.78 is 11.2. The molecule has 0 N–H and O–H groups in total. The second-order valence-corrected chi connectivity index (χ2v) is 6.53. The average Bonchev–Trinajstić information content (AvgIpc) is 2.91. The molecule has 1 aliphatic heterocycles. The quantitative estimate of drug-likeness (QED) is 0.506. The fraction of sp³-hybridized carbons (Fsp3) is 0.0588. The Morgan fingerprint density at radius 2 is 1.96 bits per heavy atom. The van der Waals surface area contributed by atoms with Crippen LogP contribution in [0.15, 0.2) is 51.6 Å². The Morgan fingerprint density at radius 1 is 1.17 bits per heavy atom. The first-order valence-electron chi connectivity index (χ1n) is 6.79. The number of methoxy groups -OCH3 is 1. The van der Waals surface area contributed by atoms with E-state index in [-0.39, 0.29) is 11.6 Å². The fourth-order valence-corrected chi connectivity index (χ4v) is 2.95. The molecule has 0 amide bonds. The third kappa shape index (κ3) is 3.48. The van der Waals surface area contributed by atoms with Crippen LogP contribution >= 0.6 is 39.1 Å². The minimum atomic E-state index is -0.525. The standard InChI is InChI=1S/C17H10BrCl2NO3/c1-23-15-5-2-9(6-11(15)18)7-14-17(22)24-16(21-14)10-3-4-12(19)13(20)8-10/h2-8H,1H3/b14-7-. The summed E-state index contributed by atoms with van der Waals surface area (Å²) in [5, 5.41) is 0.786. The molecule has 0 saturated carbocycles. The molecule has 0 unspecified atom stereocenters. The van der Waals surface area contributed by atoms with E-state index < -0.39 is 5.97 Å². The van der Waals surface area contributed by atoms with Crippen LogP contribution in [0.5, 0.6) is 5.75 Å². The first-order valence-corrected chi connectivity index (χ1v) is 8.34. The van der Waals surface area contributed by atoms with Crippen LogP contribution in [0.25, 0.3) is 6.08 Å². The molecule has 0 aromatic heterocycles. The van der Waals surface area contributed by atoms with E-state index >= 15 is 0 Å². The van der Waals surface area contributed by atoms with Gasteiger partial charge in [0.2, 0.25) is 5.90 Å². The molecule has 0 radical (unpaired) electrons. The van der Waals surface area contributed by atoms with Crippen LogP contribution in [0, 0.1) is 0 Å². The number of hydrogen-bond acceptors (Lipinski definition) is 4. The molecule has 0 aliphatic carbocycles. The van der Waals surface area contributed by atoms with E-state index in [9.17, 15) is 4.79 Å². The highest BCUT2D eigenvalue weighted by Gasteiger charge is 2.24. The number of hydrogen-bond donors (Lipinski definition) is 0. The third-order valence-electron chi connectivity index (χ3n) is 3.27. The van der Waals surface area contributed by atoms with Gasteiger partial charge in [0.05, 0.1) is 21.6 Å². The maximum absolute atomic E-state index is 12.0. The van der Waals surface area contributed by atoms with Crippen LogP contribution in [0.3, 0.4) is 0 Å². The second kappa shape index (κ2) is 6.97. The van der Waals surface area contributed by atoms with Gasteiger partial charge in [0.15, 0.2) is 5.70 Å². The SMILES string of the molecule is COc1ccc(/C=C2\N=C(c3ccc(Cl)c(Cl)c3)OC2=O)cc1Br. The minimum absolute atomic E-state index is 0.192. The first-order chi connectivity index (χ1) is 11.5. The largest absolute Gasteiger partial charge is 0.496 e. The molecule has 7 heteroatoms. The Balaban J connectivity index is 1.93. The lowest BCUT2D eigenvalue weighted by molar-refractivity contribution is -0.129. The highest BCUT2D eigenvalue weighted by molar-refractivity contribution is 9.10. The average molecular weight is 427 g/mol. The number of benzene rings is 2. The van der Waals surface area contributed by atoms with Crippen molar-refractivity contribution in [1.29, 1.82) is 0 Å². The van der Waals surface area contributed by atoms with E-state index in [1.807, 2.05) is 12.1 Å². The lowest BCUT2D eigenvalue weighted by atomic mass is 10.2. The Kier molecular flexibility index (Phi) is 4.94. The van der Waals surface area contributed by atoms with Crippen molar-refractivity contribution < 1.29 is 14.3 Å². The number of cyclic esters (lactones) is 1. The smallest absolute Gasteiger partial charge is 0.363 e. The Labute approximate surface area is 156 Å². The van der Waals surface area contributed by atoms with Crippen molar-refractivity contribution in [2.75, 3.05) is 7.11 Å². The van der Waals surface area contributed by atoms with Crippen LogP contribution < -0.4 is 4.74 Å². The number of esters is 1. The monoisotopic (exact) mass is 425 g/mol. The van der Waals surface area contributed by atoms with E-state index in [2.05, 4.69) is 20.9 Å². The Bertz CT molecular complexity index is 893. The van der Waals surface area contributed by atoms with Crippen molar-refractivity contribution in [1.82, 2.24) is 0 Å². The molecule has 1 heterocycles. The van der Waals surface area contributed by atoms with Gasteiger partial charge in [-0.3, -0.25) is 0 Å². The molecule has 122 valence electrons. The molecule has 0 fully saturated rings. The van der Waals surface area contributed by atoms with Gasteiger partial charge >= 0.3 is 5.97 Å². The zero-order valence-corrected chi connectivity index (χ0v) is 15.4. The number of carbonyl (C=O) groups excluding carboxylic acids is 1. The van der Waals surface area contributed by atoms with E-state index in [0.717, 1.165) is 10.0 Å². The van der Waals surface area contributed by atoms with Crippen LogP contribution in [-0.2, 0) is 9.53 Å². The summed E-state index contributed by atoms with van der Waals surface area (Å²) in [6, 6.07) is 10.3. The molecule has 0 atom stereocenters. The summed E-state index contributed by atoms with van der Waals surface area (Å²) in [4.78, 5) is 16.3. The normalized spacial score (nSPS) is 15.4. The minimum Gasteiger partial charge on any atom is -0.496 e. The van der Waals surface area contributed by atoms with E-state index in [4.69, 9.17) is 32.7 Å². The molecule has 0 spiro atoms. The number of nitrogens with zero attached hydrogens (tertiary/aromatic N) is 1. The zero-order valence-electron chi connectivity index (χ0n) is 12.3. The lowest BCUT2D eigenvalue weighted by Gasteiger charge is -2.03. The predicted octanol–water partition coefficient (Wildman–Crippen LogP) is 5.11. The van der Waals surface area contributed by atoms with Crippen LogP contribution in [0.1, 0.15) is 11.1 Å². The predicted molar refractivity (Wildman–Crippen MR) is 97.8 cm³/mol. The van der Waals surface area contributed by atoms with Crippen molar-refractivity contribution in [2.24, 2.45) is 4.99 Å². The number of ether oxygens (including phenoxy) is 2. The van der Waals surface area contributed by atoms with Gasteiger partial charge in [-0.05, 0) is 57.9 Å².